The number of rotatable bonds is 5. The number of benzene rings is 2. The molecule has 0 saturated heterocycles. The molecule has 2 aromatic rings. The van der Waals surface area contributed by atoms with Gasteiger partial charge in [-0.3, -0.25) is 0 Å². The summed E-state index contributed by atoms with van der Waals surface area (Å²) in [6.07, 6.45) is 0. The summed E-state index contributed by atoms with van der Waals surface area (Å²) >= 11 is 0. The fraction of sp³-hybridized carbons (Fsp3) is 0.333. The Labute approximate surface area is 127 Å². The average molecular weight is 284 g/mol. The lowest BCUT2D eigenvalue weighted by atomic mass is 10.0. The largest absolute Gasteiger partial charge is 0.508 e. The van der Waals surface area contributed by atoms with E-state index in [2.05, 4.69) is 49.4 Å². The molecule has 3 heteroatoms. The van der Waals surface area contributed by atoms with E-state index >= 15 is 0 Å². The van der Waals surface area contributed by atoms with Crippen LogP contribution in [0.2, 0.25) is 0 Å². The van der Waals surface area contributed by atoms with Crippen LogP contribution in [-0.4, -0.2) is 24.1 Å². The highest BCUT2D eigenvalue weighted by Crippen LogP contribution is 2.29. The SMILES string of the molecule is Cc1ccc(O)c(C(C)Nc2ccccc2CN(C)C)c1. The summed E-state index contributed by atoms with van der Waals surface area (Å²) in [4.78, 5) is 2.15. The van der Waals surface area contributed by atoms with Crippen LogP contribution in [-0.2, 0) is 6.54 Å². The maximum atomic E-state index is 10.0. The van der Waals surface area contributed by atoms with Crippen LogP contribution < -0.4 is 5.32 Å². The molecular weight excluding hydrogens is 260 g/mol. The number of nitrogens with one attached hydrogen (secondary N) is 1. The van der Waals surface area contributed by atoms with E-state index in [9.17, 15) is 5.11 Å². The van der Waals surface area contributed by atoms with E-state index in [4.69, 9.17) is 0 Å². The Morgan fingerprint density at radius 2 is 1.86 bits per heavy atom. The lowest BCUT2D eigenvalue weighted by Gasteiger charge is -2.21. The maximum absolute atomic E-state index is 10.0. The normalized spacial score (nSPS) is 12.4. The van der Waals surface area contributed by atoms with Gasteiger partial charge in [0.2, 0.25) is 0 Å². The van der Waals surface area contributed by atoms with E-state index in [-0.39, 0.29) is 6.04 Å². The first-order valence-electron chi connectivity index (χ1n) is 7.26. The molecule has 2 aromatic carbocycles. The maximum Gasteiger partial charge on any atom is 0.120 e. The van der Waals surface area contributed by atoms with Crippen molar-refractivity contribution in [3.8, 4) is 5.75 Å². The van der Waals surface area contributed by atoms with Crippen molar-refractivity contribution in [3.05, 3.63) is 59.2 Å². The summed E-state index contributed by atoms with van der Waals surface area (Å²) in [5.74, 6) is 0.339. The summed E-state index contributed by atoms with van der Waals surface area (Å²) < 4.78 is 0. The fourth-order valence-corrected chi connectivity index (χ4v) is 2.47. The smallest absolute Gasteiger partial charge is 0.120 e. The molecule has 1 atom stereocenters. The molecule has 0 fully saturated rings. The van der Waals surface area contributed by atoms with Gasteiger partial charge in [0.1, 0.15) is 5.75 Å². The molecule has 0 radical (unpaired) electrons. The van der Waals surface area contributed by atoms with E-state index in [1.54, 1.807) is 6.07 Å². The summed E-state index contributed by atoms with van der Waals surface area (Å²) in [6, 6.07) is 14.1. The summed E-state index contributed by atoms with van der Waals surface area (Å²) in [5, 5.41) is 13.6. The Bertz CT molecular complexity index is 608. The van der Waals surface area contributed by atoms with Gasteiger partial charge in [-0.15, -0.1) is 0 Å². The van der Waals surface area contributed by atoms with Crippen LogP contribution in [0.5, 0.6) is 5.75 Å². The van der Waals surface area contributed by atoms with Gasteiger partial charge in [0.15, 0.2) is 0 Å². The van der Waals surface area contributed by atoms with Crippen LogP contribution in [0, 0.1) is 6.92 Å². The predicted molar refractivity (Wildman–Crippen MR) is 88.7 cm³/mol. The molecule has 0 saturated carbocycles. The predicted octanol–water partition coefficient (Wildman–Crippen LogP) is 3.94. The number of para-hydroxylation sites is 1. The summed E-state index contributed by atoms with van der Waals surface area (Å²) in [5.41, 5.74) is 4.44. The van der Waals surface area contributed by atoms with E-state index in [1.165, 1.54) is 5.56 Å². The van der Waals surface area contributed by atoms with Crippen molar-refractivity contribution in [3.63, 3.8) is 0 Å². The average Bonchev–Trinajstić information content (AvgIpc) is 2.43. The minimum Gasteiger partial charge on any atom is -0.508 e. The monoisotopic (exact) mass is 284 g/mol. The molecule has 1 unspecified atom stereocenters. The van der Waals surface area contributed by atoms with E-state index in [0.29, 0.717) is 5.75 Å². The minimum atomic E-state index is 0.0493. The van der Waals surface area contributed by atoms with Crippen molar-refractivity contribution in [1.29, 1.82) is 0 Å². The molecule has 21 heavy (non-hydrogen) atoms. The van der Waals surface area contributed by atoms with E-state index in [0.717, 1.165) is 23.4 Å². The van der Waals surface area contributed by atoms with Crippen molar-refractivity contribution >= 4 is 5.69 Å². The van der Waals surface area contributed by atoms with Crippen LogP contribution in [0.25, 0.3) is 0 Å². The van der Waals surface area contributed by atoms with Gasteiger partial charge in [-0.1, -0.05) is 35.9 Å². The van der Waals surface area contributed by atoms with Gasteiger partial charge in [-0.2, -0.15) is 0 Å². The standard InChI is InChI=1S/C18H24N2O/c1-13-9-10-18(21)16(11-13)14(2)19-17-8-6-5-7-15(17)12-20(3)4/h5-11,14,19,21H,12H2,1-4H3. The third-order valence-corrected chi connectivity index (χ3v) is 3.53. The second-order valence-electron chi connectivity index (χ2n) is 5.82. The molecule has 0 aliphatic carbocycles. The van der Waals surface area contributed by atoms with Crippen molar-refractivity contribution in [2.75, 3.05) is 19.4 Å². The van der Waals surface area contributed by atoms with Gasteiger partial charge >= 0.3 is 0 Å². The number of anilines is 1. The first-order valence-corrected chi connectivity index (χ1v) is 7.26. The number of hydrogen-bond donors (Lipinski definition) is 2. The molecule has 0 aliphatic rings. The number of hydrogen-bond acceptors (Lipinski definition) is 3. The van der Waals surface area contributed by atoms with Gasteiger partial charge in [0.25, 0.3) is 0 Å². The van der Waals surface area contributed by atoms with Crippen molar-refractivity contribution < 1.29 is 5.11 Å². The third kappa shape index (κ3) is 3.99. The highest BCUT2D eigenvalue weighted by atomic mass is 16.3. The molecule has 2 rings (SSSR count). The number of aromatic hydroxyl groups is 1. The van der Waals surface area contributed by atoms with Crippen molar-refractivity contribution in [2.24, 2.45) is 0 Å². The topological polar surface area (TPSA) is 35.5 Å². The molecule has 0 aliphatic heterocycles. The Hall–Kier alpha value is -2.00. The fourth-order valence-electron chi connectivity index (χ4n) is 2.47. The molecule has 0 aromatic heterocycles. The molecule has 3 nitrogen and oxygen atoms in total. The van der Waals surface area contributed by atoms with Crippen LogP contribution >= 0.6 is 0 Å². The highest BCUT2D eigenvalue weighted by Gasteiger charge is 2.12. The number of nitrogens with zero attached hydrogens (tertiary/aromatic N) is 1. The van der Waals surface area contributed by atoms with E-state index in [1.807, 2.05) is 25.1 Å². The Balaban J connectivity index is 2.23. The molecule has 0 spiro atoms. The van der Waals surface area contributed by atoms with Gasteiger partial charge in [0, 0.05) is 17.8 Å². The van der Waals surface area contributed by atoms with Crippen LogP contribution in [0.3, 0.4) is 0 Å². The molecular formula is C18H24N2O. The lowest BCUT2D eigenvalue weighted by molar-refractivity contribution is 0.403. The summed E-state index contributed by atoms with van der Waals surface area (Å²) in [7, 11) is 4.12. The first-order chi connectivity index (χ1) is 9.97. The Kier molecular flexibility index (Phi) is 4.86. The van der Waals surface area contributed by atoms with E-state index < -0.39 is 0 Å². The quantitative estimate of drug-likeness (QED) is 0.873. The second kappa shape index (κ2) is 6.64. The Morgan fingerprint density at radius 3 is 2.57 bits per heavy atom. The first kappa shape index (κ1) is 15.4. The zero-order valence-corrected chi connectivity index (χ0v) is 13.2. The van der Waals surface area contributed by atoms with Gasteiger partial charge < -0.3 is 15.3 Å². The van der Waals surface area contributed by atoms with Gasteiger partial charge in [0.05, 0.1) is 6.04 Å². The zero-order valence-electron chi connectivity index (χ0n) is 13.2. The highest BCUT2D eigenvalue weighted by molar-refractivity contribution is 5.53. The number of phenols is 1. The third-order valence-electron chi connectivity index (χ3n) is 3.53. The van der Waals surface area contributed by atoms with Crippen LogP contribution in [0.4, 0.5) is 5.69 Å². The number of aryl methyl sites for hydroxylation is 1. The van der Waals surface area contributed by atoms with Crippen LogP contribution in [0.1, 0.15) is 29.7 Å². The molecule has 112 valence electrons. The second-order valence-corrected chi connectivity index (χ2v) is 5.82. The molecule has 0 heterocycles. The van der Waals surface area contributed by atoms with Crippen LogP contribution in [0.15, 0.2) is 42.5 Å². The lowest BCUT2D eigenvalue weighted by Crippen LogP contribution is -2.14. The van der Waals surface area contributed by atoms with Gasteiger partial charge in [-0.25, -0.2) is 0 Å². The van der Waals surface area contributed by atoms with Crippen molar-refractivity contribution in [1.82, 2.24) is 4.90 Å². The molecule has 0 bridgehead atoms. The molecule has 0 amide bonds. The molecule has 2 N–H and O–H groups in total. The summed E-state index contributed by atoms with van der Waals surface area (Å²) in [6.45, 7) is 4.99. The number of phenolic OH excluding ortho intramolecular Hbond substituents is 1. The Morgan fingerprint density at radius 1 is 1.14 bits per heavy atom. The zero-order chi connectivity index (χ0) is 15.4. The minimum absolute atomic E-state index is 0.0493. The van der Waals surface area contributed by atoms with Crippen molar-refractivity contribution in [2.45, 2.75) is 26.4 Å². The van der Waals surface area contributed by atoms with Gasteiger partial charge in [-0.05, 0) is 45.6 Å².